The van der Waals surface area contributed by atoms with E-state index in [1.807, 2.05) is 6.92 Å². The van der Waals surface area contributed by atoms with Gasteiger partial charge in [-0.3, -0.25) is 14.5 Å². The van der Waals surface area contributed by atoms with E-state index in [9.17, 15) is 18.8 Å². The summed E-state index contributed by atoms with van der Waals surface area (Å²) < 4.78 is 13.7. The molecule has 1 unspecified atom stereocenters. The van der Waals surface area contributed by atoms with Crippen LogP contribution in [0, 0.1) is 5.82 Å². The zero-order valence-corrected chi connectivity index (χ0v) is 12.2. The largest absolute Gasteiger partial charge is 0.478 e. The number of carbonyl (C=O) groups excluding carboxylic acids is 2. The Bertz CT molecular complexity index is 605. The molecule has 21 heavy (non-hydrogen) atoms. The Morgan fingerprint density at radius 3 is 2.81 bits per heavy atom. The van der Waals surface area contributed by atoms with Gasteiger partial charge < -0.3 is 5.11 Å². The van der Waals surface area contributed by atoms with E-state index in [4.69, 9.17) is 5.11 Å². The molecular formula is C14H14FNO4S. The van der Waals surface area contributed by atoms with Crippen molar-refractivity contribution in [2.45, 2.75) is 29.9 Å². The molecule has 0 bridgehead atoms. The quantitative estimate of drug-likeness (QED) is 0.843. The van der Waals surface area contributed by atoms with E-state index in [1.165, 1.54) is 11.0 Å². The van der Waals surface area contributed by atoms with Crippen LogP contribution in [0.1, 0.15) is 30.1 Å². The lowest BCUT2D eigenvalue weighted by molar-refractivity contribution is -0.138. The van der Waals surface area contributed by atoms with Crippen LogP contribution < -0.4 is 0 Å². The van der Waals surface area contributed by atoms with Gasteiger partial charge in [-0.1, -0.05) is 6.92 Å². The summed E-state index contributed by atoms with van der Waals surface area (Å²) in [5.74, 6) is -2.38. The summed E-state index contributed by atoms with van der Waals surface area (Å²) in [7, 11) is 0. The number of benzene rings is 1. The molecule has 112 valence electrons. The molecule has 0 saturated carbocycles. The molecule has 0 spiro atoms. The molecule has 1 aromatic rings. The van der Waals surface area contributed by atoms with Crippen LogP contribution in [0.5, 0.6) is 0 Å². The number of amides is 2. The number of thioether (sulfide) groups is 1. The molecule has 2 rings (SSSR count). The van der Waals surface area contributed by atoms with Gasteiger partial charge in [0.15, 0.2) is 0 Å². The summed E-state index contributed by atoms with van der Waals surface area (Å²) in [4.78, 5) is 36.0. The fourth-order valence-corrected chi connectivity index (χ4v) is 3.22. The van der Waals surface area contributed by atoms with Gasteiger partial charge in [0, 0.05) is 17.9 Å². The third-order valence-electron chi connectivity index (χ3n) is 3.10. The second kappa shape index (κ2) is 6.26. The van der Waals surface area contributed by atoms with E-state index in [2.05, 4.69) is 0 Å². The number of hydrogen-bond acceptors (Lipinski definition) is 4. The van der Waals surface area contributed by atoms with Crippen molar-refractivity contribution < 1.29 is 23.9 Å². The second-order valence-corrected chi connectivity index (χ2v) is 5.89. The van der Waals surface area contributed by atoms with Gasteiger partial charge in [-0.15, -0.1) is 11.8 Å². The van der Waals surface area contributed by atoms with Gasteiger partial charge in [-0.25, -0.2) is 9.18 Å². The van der Waals surface area contributed by atoms with Crippen LogP contribution in [-0.2, 0) is 9.59 Å². The summed E-state index contributed by atoms with van der Waals surface area (Å²) in [5, 5.41) is 8.21. The SMILES string of the molecule is CCCN1C(=O)CC(Sc2cc(C(=O)O)ccc2F)C1=O. The highest BCUT2D eigenvalue weighted by atomic mass is 32.2. The highest BCUT2D eigenvalue weighted by Crippen LogP contribution is 2.33. The molecular weight excluding hydrogens is 297 g/mol. The Hall–Kier alpha value is -1.89. The van der Waals surface area contributed by atoms with Crippen LogP contribution in [0.25, 0.3) is 0 Å². The summed E-state index contributed by atoms with van der Waals surface area (Å²) in [5.41, 5.74) is -0.0545. The number of aromatic carboxylic acids is 1. The number of carbonyl (C=O) groups is 3. The molecule has 1 aliphatic rings. The number of likely N-dealkylation sites (tertiary alicyclic amines) is 1. The number of halogens is 1. The van der Waals surface area contributed by atoms with Crippen LogP contribution in [-0.4, -0.2) is 39.6 Å². The third kappa shape index (κ3) is 3.24. The third-order valence-corrected chi connectivity index (χ3v) is 4.32. The number of nitrogens with zero attached hydrogens (tertiary/aromatic N) is 1. The van der Waals surface area contributed by atoms with Crippen LogP contribution >= 0.6 is 11.8 Å². The van der Waals surface area contributed by atoms with Gasteiger partial charge in [0.1, 0.15) is 5.82 Å². The van der Waals surface area contributed by atoms with E-state index in [0.29, 0.717) is 13.0 Å². The van der Waals surface area contributed by atoms with E-state index >= 15 is 0 Å². The van der Waals surface area contributed by atoms with Gasteiger partial charge in [0.25, 0.3) is 0 Å². The maximum absolute atomic E-state index is 13.7. The molecule has 0 aromatic heterocycles. The fraction of sp³-hybridized carbons (Fsp3) is 0.357. The summed E-state index contributed by atoms with van der Waals surface area (Å²) in [6.45, 7) is 2.21. The first-order valence-electron chi connectivity index (χ1n) is 6.47. The molecule has 1 aromatic carbocycles. The smallest absolute Gasteiger partial charge is 0.335 e. The minimum atomic E-state index is -1.17. The van der Waals surface area contributed by atoms with Crippen molar-refractivity contribution in [1.29, 1.82) is 0 Å². The standard InChI is InChI=1S/C14H14FNO4S/c1-2-5-16-12(17)7-11(13(16)18)21-10-6-8(14(19)20)3-4-9(10)15/h3-4,6,11H,2,5,7H2,1H3,(H,19,20). The maximum Gasteiger partial charge on any atom is 0.335 e. The first-order valence-corrected chi connectivity index (χ1v) is 7.35. The van der Waals surface area contributed by atoms with Gasteiger partial charge in [0.05, 0.1) is 10.8 Å². The topological polar surface area (TPSA) is 74.7 Å². The summed E-state index contributed by atoms with van der Waals surface area (Å²) in [6, 6.07) is 3.39. The van der Waals surface area contributed by atoms with Crippen molar-refractivity contribution in [3.05, 3.63) is 29.6 Å². The zero-order chi connectivity index (χ0) is 15.6. The number of hydrogen-bond donors (Lipinski definition) is 1. The van der Waals surface area contributed by atoms with Crippen LogP contribution in [0.2, 0.25) is 0 Å². The maximum atomic E-state index is 13.7. The normalized spacial score (nSPS) is 18.4. The van der Waals surface area contributed by atoms with E-state index in [0.717, 1.165) is 23.9 Å². The predicted octanol–water partition coefficient (Wildman–Crippen LogP) is 2.15. The monoisotopic (exact) mass is 311 g/mol. The molecule has 5 nitrogen and oxygen atoms in total. The van der Waals surface area contributed by atoms with E-state index in [-0.39, 0.29) is 28.7 Å². The highest BCUT2D eigenvalue weighted by Gasteiger charge is 2.38. The average Bonchev–Trinajstić information content (AvgIpc) is 2.69. The molecule has 1 heterocycles. The predicted molar refractivity (Wildman–Crippen MR) is 74.6 cm³/mol. The van der Waals surface area contributed by atoms with Gasteiger partial charge in [0.2, 0.25) is 11.8 Å². The molecule has 2 amide bonds. The first kappa shape index (κ1) is 15.5. The Kier molecular flexibility index (Phi) is 4.62. The molecule has 1 N–H and O–H groups in total. The number of rotatable bonds is 5. The number of carboxylic acids is 1. The minimum absolute atomic E-state index is 0.0141. The Balaban J connectivity index is 2.19. The second-order valence-electron chi connectivity index (χ2n) is 4.64. The van der Waals surface area contributed by atoms with E-state index in [1.54, 1.807) is 0 Å². The van der Waals surface area contributed by atoms with Crippen molar-refractivity contribution >= 4 is 29.5 Å². The lowest BCUT2D eigenvalue weighted by atomic mass is 10.2. The Morgan fingerprint density at radius 2 is 2.19 bits per heavy atom. The molecule has 1 saturated heterocycles. The Morgan fingerprint density at radius 1 is 1.48 bits per heavy atom. The summed E-state index contributed by atoms with van der Waals surface area (Å²) >= 11 is 0.900. The lowest BCUT2D eigenvalue weighted by Crippen LogP contribution is -2.31. The number of imide groups is 1. The summed E-state index contributed by atoms with van der Waals surface area (Å²) in [6.07, 6.45) is 0.679. The molecule has 0 radical (unpaired) electrons. The van der Waals surface area contributed by atoms with Crippen LogP contribution in [0.3, 0.4) is 0 Å². The molecule has 1 atom stereocenters. The minimum Gasteiger partial charge on any atom is -0.478 e. The molecule has 7 heteroatoms. The van der Waals surface area contributed by atoms with Crippen molar-refractivity contribution in [3.8, 4) is 0 Å². The lowest BCUT2D eigenvalue weighted by Gasteiger charge is -2.13. The van der Waals surface area contributed by atoms with Crippen molar-refractivity contribution in [2.75, 3.05) is 6.54 Å². The molecule has 1 aliphatic heterocycles. The van der Waals surface area contributed by atoms with Crippen molar-refractivity contribution in [1.82, 2.24) is 4.90 Å². The first-order chi connectivity index (χ1) is 9.93. The van der Waals surface area contributed by atoms with Crippen molar-refractivity contribution in [2.24, 2.45) is 0 Å². The van der Waals surface area contributed by atoms with Gasteiger partial charge >= 0.3 is 5.97 Å². The average molecular weight is 311 g/mol. The van der Waals surface area contributed by atoms with Crippen molar-refractivity contribution in [3.63, 3.8) is 0 Å². The molecule has 1 fully saturated rings. The van der Waals surface area contributed by atoms with E-state index < -0.39 is 17.0 Å². The fourth-order valence-electron chi connectivity index (χ4n) is 2.08. The molecule has 0 aliphatic carbocycles. The van der Waals surface area contributed by atoms with Crippen LogP contribution in [0.4, 0.5) is 4.39 Å². The number of carboxylic acid groups (broad SMARTS) is 1. The highest BCUT2D eigenvalue weighted by molar-refractivity contribution is 8.00. The van der Waals surface area contributed by atoms with Crippen LogP contribution in [0.15, 0.2) is 23.1 Å². The van der Waals surface area contributed by atoms with Gasteiger partial charge in [-0.2, -0.15) is 0 Å². The zero-order valence-electron chi connectivity index (χ0n) is 11.3. The van der Waals surface area contributed by atoms with Gasteiger partial charge in [-0.05, 0) is 24.6 Å². The Labute approximate surface area is 125 Å².